The van der Waals surface area contributed by atoms with Crippen LogP contribution in [0.2, 0.25) is 0 Å². The Balaban J connectivity index is 1.96. The number of carbonyl (C=O) groups is 2. The third kappa shape index (κ3) is 5.62. The molecule has 2 N–H and O–H groups in total. The van der Waals surface area contributed by atoms with Gasteiger partial charge in [-0.05, 0) is 19.3 Å². The second-order valence-corrected chi connectivity index (χ2v) is 7.41. The fourth-order valence-electron chi connectivity index (χ4n) is 2.58. The van der Waals surface area contributed by atoms with E-state index in [1.807, 2.05) is 51.1 Å². The lowest BCUT2D eigenvalue weighted by atomic mass is 10.0. The molecule has 0 bridgehead atoms. The number of carbonyl (C=O) groups excluding carboxylic acids is 2. The van der Waals surface area contributed by atoms with Gasteiger partial charge in [-0.1, -0.05) is 55.9 Å². The van der Waals surface area contributed by atoms with E-state index in [9.17, 15) is 9.59 Å². The number of aromatic amines is 1. The predicted molar refractivity (Wildman–Crippen MR) is 103 cm³/mol. The van der Waals surface area contributed by atoms with Crippen molar-refractivity contribution in [1.82, 2.24) is 15.3 Å². The number of H-pyrrole nitrogens is 1. The van der Waals surface area contributed by atoms with Crippen LogP contribution in [0.5, 0.6) is 0 Å². The van der Waals surface area contributed by atoms with Crippen LogP contribution >= 0.6 is 11.8 Å². The molecule has 26 heavy (non-hydrogen) atoms. The molecule has 0 fully saturated rings. The van der Waals surface area contributed by atoms with E-state index >= 15 is 0 Å². The second kappa shape index (κ2) is 9.43. The number of aromatic nitrogens is 2. The molecule has 2 rings (SSSR count). The maximum Gasteiger partial charge on any atom is 0.328 e. The van der Waals surface area contributed by atoms with E-state index in [4.69, 9.17) is 4.74 Å². The molecular formula is C19H25N3O3S. The number of esters is 1. The molecule has 140 valence electrons. The molecule has 0 radical (unpaired) electrons. The predicted octanol–water partition coefficient (Wildman–Crippen LogP) is 3.18. The standard InChI is InChI=1S/C19H25N3O3S/c1-12(2)10-15(18(24)25-4)21-16(23)11-26-19-20-13(3)17(22-19)14-8-6-5-7-9-14/h5-9,12,15H,10-11H2,1-4H3,(H,20,22)(H,21,23)/t15-/m1/s1. The lowest BCUT2D eigenvalue weighted by molar-refractivity contribution is -0.145. The van der Waals surface area contributed by atoms with Crippen LogP contribution < -0.4 is 5.32 Å². The van der Waals surface area contributed by atoms with E-state index in [0.29, 0.717) is 11.6 Å². The number of hydrogen-bond acceptors (Lipinski definition) is 5. The van der Waals surface area contributed by atoms with E-state index in [-0.39, 0.29) is 17.6 Å². The average molecular weight is 375 g/mol. The summed E-state index contributed by atoms with van der Waals surface area (Å²) in [7, 11) is 1.33. The first-order valence-electron chi connectivity index (χ1n) is 8.52. The minimum Gasteiger partial charge on any atom is -0.467 e. The second-order valence-electron chi connectivity index (χ2n) is 6.44. The third-order valence-electron chi connectivity index (χ3n) is 3.78. The van der Waals surface area contributed by atoms with Crippen LogP contribution in [0.25, 0.3) is 11.3 Å². The topological polar surface area (TPSA) is 84.1 Å². The molecule has 1 amide bonds. The summed E-state index contributed by atoms with van der Waals surface area (Å²) in [5, 5.41) is 3.42. The summed E-state index contributed by atoms with van der Waals surface area (Å²) >= 11 is 1.31. The Bertz CT molecular complexity index is 744. The Morgan fingerprint density at radius 1 is 1.27 bits per heavy atom. The third-order valence-corrected chi connectivity index (χ3v) is 4.65. The van der Waals surface area contributed by atoms with Crippen molar-refractivity contribution in [2.45, 2.75) is 38.4 Å². The molecule has 0 spiro atoms. The normalized spacial score (nSPS) is 12.0. The molecule has 0 saturated carbocycles. The highest BCUT2D eigenvalue weighted by molar-refractivity contribution is 7.99. The molecule has 1 aromatic carbocycles. The smallest absolute Gasteiger partial charge is 0.328 e. The first-order chi connectivity index (χ1) is 12.4. The number of nitrogens with zero attached hydrogens (tertiary/aromatic N) is 1. The van der Waals surface area contributed by atoms with Crippen molar-refractivity contribution in [3.8, 4) is 11.3 Å². The monoisotopic (exact) mass is 375 g/mol. The number of ether oxygens (including phenoxy) is 1. The maximum atomic E-state index is 12.2. The van der Waals surface area contributed by atoms with Crippen molar-refractivity contribution in [1.29, 1.82) is 0 Å². The van der Waals surface area contributed by atoms with E-state index < -0.39 is 12.0 Å². The van der Waals surface area contributed by atoms with Gasteiger partial charge >= 0.3 is 5.97 Å². The van der Waals surface area contributed by atoms with Gasteiger partial charge in [0.15, 0.2) is 5.16 Å². The van der Waals surface area contributed by atoms with Crippen molar-refractivity contribution >= 4 is 23.6 Å². The van der Waals surface area contributed by atoms with Gasteiger partial charge in [0.2, 0.25) is 5.91 Å². The Hall–Kier alpha value is -2.28. The van der Waals surface area contributed by atoms with Gasteiger partial charge in [0, 0.05) is 11.3 Å². The Kier molecular flexibility index (Phi) is 7.26. The van der Waals surface area contributed by atoms with Gasteiger partial charge in [0.05, 0.1) is 18.6 Å². The van der Waals surface area contributed by atoms with E-state index in [1.165, 1.54) is 18.9 Å². The summed E-state index contributed by atoms with van der Waals surface area (Å²) in [6.45, 7) is 5.94. The maximum absolute atomic E-state index is 12.2. The molecule has 0 aliphatic rings. The zero-order valence-electron chi connectivity index (χ0n) is 15.5. The van der Waals surface area contributed by atoms with Gasteiger partial charge in [0.1, 0.15) is 6.04 Å². The first-order valence-corrected chi connectivity index (χ1v) is 9.51. The molecule has 1 aromatic heterocycles. The zero-order chi connectivity index (χ0) is 19.1. The SMILES string of the molecule is COC(=O)[C@@H](CC(C)C)NC(=O)CSc1nc(-c2ccccc2)c(C)[nH]1. The van der Waals surface area contributed by atoms with Gasteiger partial charge in [-0.2, -0.15) is 0 Å². The van der Waals surface area contributed by atoms with Crippen LogP contribution in [-0.2, 0) is 14.3 Å². The summed E-state index contributed by atoms with van der Waals surface area (Å²) < 4.78 is 4.77. The van der Waals surface area contributed by atoms with Crippen molar-refractivity contribution in [3.05, 3.63) is 36.0 Å². The molecular weight excluding hydrogens is 350 g/mol. The van der Waals surface area contributed by atoms with Crippen LogP contribution in [0.3, 0.4) is 0 Å². The molecule has 7 heteroatoms. The van der Waals surface area contributed by atoms with Crippen LogP contribution in [0, 0.1) is 12.8 Å². The van der Waals surface area contributed by atoms with E-state index in [2.05, 4.69) is 15.3 Å². The fraction of sp³-hybridized carbons (Fsp3) is 0.421. The number of methoxy groups -OCH3 is 1. The van der Waals surface area contributed by atoms with Crippen LogP contribution in [0.4, 0.5) is 0 Å². The van der Waals surface area contributed by atoms with Gasteiger partial charge in [-0.25, -0.2) is 9.78 Å². The summed E-state index contributed by atoms with van der Waals surface area (Å²) in [5.74, 6) is -0.195. The quantitative estimate of drug-likeness (QED) is 0.547. The Morgan fingerprint density at radius 3 is 2.58 bits per heavy atom. The molecule has 1 heterocycles. The highest BCUT2D eigenvalue weighted by Gasteiger charge is 2.22. The van der Waals surface area contributed by atoms with Gasteiger partial charge in [0.25, 0.3) is 0 Å². The van der Waals surface area contributed by atoms with Crippen molar-refractivity contribution in [2.24, 2.45) is 5.92 Å². The lowest BCUT2D eigenvalue weighted by Crippen LogP contribution is -2.43. The zero-order valence-corrected chi connectivity index (χ0v) is 16.4. The van der Waals surface area contributed by atoms with Crippen LogP contribution in [0.1, 0.15) is 26.0 Å². The van der Waals surface area contributed by atoms with Gasteiger partial charge < -0.3 is 15.0 Å². The number of imidazole rings is 1. The van der Waals surface area contributed by atoms with Gasteiger partial charge in [-0.3, -0.25) is 4.79 Å². The minimum absolute atomic E-state index is 0.173. The van der Waals surface area contributed by atoms with Crippen molar-refractivity contribution in [3.63, 3.8) is 0 Å². The number of benzene rings is 1. The number of rotatable bonds is 8. The number of aryl methyl sites for hydroxylation is 1. The van der Waals surface area contributed by atoms with Crippen LogP contribution in [0.15, 0.2) is 35.5 Å². The average Bonchev–Trinajstić information content (AvgIpc) is 3.00. The lowest BCUT2D eigenvalue weighted by Gasteiger charge is -2.18. The summed E-state index contributed by atoms with van der Waals surface area (Å²) in [4.78, 5) is 31.8. The van der Waals surface area contributed by atoms with E-state index in [1.54, 1.807) is 0 Å². The molecule has 0 unspecified atom stereocenters. The van der Waals surface area contributed by atoms with Crippen LogP contribution in [-0.4, -0.2) is 40.7 Å². The number of thioether (sulfide) groups is 1. The Labute approximate surface area is 158 Å². The van der Waals surface area contributed by atoms with Crippen molar-refractivity contribution in [2.75, 3.05) is 12.9 Å². The molecule has 1 atom stereocenters. The highest BCUT2D eigenvalue weighted by atomic mass is 32.2. The molecule has 6 nitrogen and oxygen atoms in total. The summed E-state index contributed by atoms with van der Waals surface area (Å²) in [6.07, 6.45) is 0.543. The highest BCUT2D eigenvalue weighted by Crippen LogP contribution is 2.24. The number of hydrogen-bond donors (Lipinski definition) is 2. The molecule has 0 saturated heterocycles. The van der Waals surface area contributed by atoms with Gasteiger partial charge in [-0.15, -0.1) is 0 Å². The van der Waals surface area contributed by atoms with Crippen molar-refractivity contribution < 1.29 is 14.3 Å². The molecule has 0 aliphatic heterocycles. The Morgan fingerprint density at radius 2 is 1.96 bits per heavy atom. The molecule has 2 aromatic rings. The number of amides is 1. The minimum atomic E-state index is -0.619. The first kappa shape index (κ1) is 20.0. The largest absolute Gasteiger partial charge is 0.467 e. The van der Waals surface area contributed by atoms with E-state index in [0.717, 1.165) is 17.0 Å². The summed E-state index contributed by atoms with van der Waals surface area (Å²) in [6, 6.07) is 9.26. The summed E-state index contributed by atoms with van der Waals surface area (Å²) in [5.41, 5.74) is 2.85. The number of nitrogens with one attached hydrogen (secondary N) is 2. The molecule has 0 aliphatic carbocycles. The fourth-order valence-corrected chi connectivity index (χ4v) is 3.31.